The van der Waals surface area contributed by atoms with Crippen LogP contribution in [0.3, 0.4) is 0 Å². The van der Waals surface area contributed by atoms with Gasteiger partial charge >= 0.3 is 6.18 Å². The summed E-state index contributed by atoms with van der Waals surface area (Å²) in [5.41, 5.74) is 1.06. The summed E-state index contributed by atoms with van der Waals surface area (Å²) in [6, 6.07) is 7.67. The van der Waals surface area contributed by atoms with Crippen LogP contribution in [-0.2, 0) is 4.79 Å². The summed E-state index contributed by atoms with van der Waals surface area (Å²) < 4.78 is 41.8. The largest absolute Gasteiger partial charge is 0.497 e. The van der Waals surface area contributed by atoms with Gasteiger partial charge in [-0.25, -0.2) is 0 Å². The zero-order chi connectivity index (χ0) is 17.6. The number of nitrogens with zero attached hydrogens (tertiary/aromatic N) is 1. The van der Waals surface area contributed by atoms with Crippen LogP contribution in [0.2, 0.25) is 0 Å². The number of likely N-dealkylation sites (tertiary alicyclic amines) is 1. The zero-order valence-electron chi connectivity index (χ0n) is 13.7. The fraction of sp³-hybridized carbons (Fsp3) is 0.588. The molecule has 0 saturated carbocycles. The van der Waals surface area contributed by atoms with Gasteiger partial charge in [0.1, 0.15) is 12.3 Å². The number of ether oxygens (including phenoxy) is 1. The van der Waals surface area contributed by atoms with E-state index in [1.165, 1.54) is 0 Å². The molecule has 0 spiro atoms. The normalized spacial score (nSPS) is 19.6. The molecule has 0 bridgehead atoms. The first kappa shape index (κ1) is 18.6. The zero-order valence-corrected chi connectivity index (χ0v) is 13.7. The van der Waals surface area contributed by atoms with Gasteiger partial charge in [0.25, 0.3) is 0 Å². The second kappa shape index (κ2) is 8.37. The van der Waals surface area contributed by atoms with E-state index < -0.39 is 18.6 Å². The highest BCUT2D eigenvalue weighted by Gasteiger charge is 2.29. The lowest BCUT2D eigenvalue weighted by atomic mass is 10.0. The highest BCUT2D eigenvalue weighted by molar-refractivity contribution is 5.78. The van der Waals surface area contributed by atoms with Crippen molar-refractivity contribution in [1.82, 2.24) is 10.2 Å². The van der Waals surface area contributed by atoms with E-state index in [2.05, 4.69) is 0 Å². The Labute approximate surface area is 140 Å². The van der Waals surface area contributed by atoms with Crippen molar-refractivity contribution in [3.63, 3.8) is 0 Å². The number of alkyl halides is 3. The molecular formula is C17H23F3N2O2. The third kappa shape index (κ3) is 5.70. The first-order valence-corrected chi connectivity index (χ1v) is 8.10. The monoisotopic (exact) mass is 344 g/mol. The molecule has 1 heterocycles. The van der Waals surface area contributed by atoms with Crippen LogP contribution in [0.4, 0.5) is 13.2 Å². The summed E-state index contributed by atoms with van der Waals surface area (Å²) in [6.07, 6.45) is -0.452. The molecule has 4 nitrogen and oxygen atoms in total. The van der Waals surface area contributed by atoms with Crippen molar-refractivity contribution in [3.05, 3.63) is 29.8 Å². The third-order valence-electron chi connectivity index (χ3n) is 4.20. The van der Waals surface area contributed by atoms with E-state index in [9.17, 15) is 18.0 Å². The number of amides is 1. The van der Waals surface area contributed by atoms with Gasteiger partial charge in [-0.15, -0.1) is 0 Å². The van der Waals surface area contributed by atoms with Crippen molar-refractivity contribution in [3.8, 4) is 5.75 Å². The van der Waals surface area contributed by atoms with Crippen LogP contribution in [0.5, 0.6) is 5.75 Å². The first-order valence-electron chi connectivity index (χ1n) is 8.10. The second-order valence-electron chi connectivity index (χ2n) is 6.00. The third-order valence-corrected chi connectivity index (χ3v) is 4.20. The predicted molar refractivity (Wildman–Crippen MR) is 84.8 cm³/mol. The van der Waals surface area contributed by atoms with Crippen molar-refractivity contribution < 1.29 is 22.7 Å². The van der Waals surface area contributed by atoms with Gasteiger partial charge in [-0.05, 0) is 37.1 Å². The fourth-order valence-corrected chi connectivity index (χ4v) is 3.00. The number of rotatable bonds is 5. The molecule has 1 fully saturated rings. The number of benzene rings is 1. The molecule has 1 unspecified atom stereocenters. The van der Waals surface area contributed by atoms with Crippen LogP contribution in [0.15, 0.2) is 24.3 Å². The van der Waals surface area contributed by atoms with Gasteiger partial charge in [-0.3, -0.25) is 9.69 Å². The van der Waals surface area contributed by atoms with Gasteiger partial charge in [0.15, 0.2) is 0 Å². The summed E-state index contributed by atoms with van der Waals surface area (Å²) in [6.45, 7) is -0.601. The van der Waals surface area contributed by atoms with Crippen LogP contribution in [0.1, 0.15) is 37.3 Å². The molecule has 0 radical (unpaired) electrons. The number of carbonyl (C=O) groups excluding carboxylic acids is 1. The van der Waals surface area contributed by atoms with Gasteiger partial charge in [-0.2, -0.15) is 13.2 Å². The summed E-state index contributed by atoms with van der Waals surface area (Å²) in [7, 11) is 1.60. The van der Waals surface area contributed by atoms with Crippen LogP contribution in [0, 0.1) is 0 Å². The van der Waals surface area contributed by atoms with Crippen molar-refractivity contribution >= 4 is 5.91 Å². The molecule has 1 aliphatic heterocycles. The van der Waals surface area contributed by atoms with Crippen molar-refractivity contribution in [1.29, 1.82) is 0 Å². The Hall–Kier alpha value is -1.76. The van der Waals surface area contributed by atoms with Crippen LogP contribution >= 0.6 is 0 Å². The molecule has 1 amide bonds. The lowest BCUT2D eigenvalue weighted by Gasteiger charge is -2.30. The molecule has 2 rings (SSSR count). The van der Waals surface area contributed by atoms with Gasteiger partial charge in [0, 0.05) is 6.04 Å². The predicted octanol–water partition coefficient (Wildman–Crippen LogP) is 3.29. The van der Waals surface area contributed by atoms with E-state index in [0.29, 0.717) is 6.54 Å². The lowest BCUT2D eigenvalue weighted by molar-refractivity contribution is -0.139. The Morgan fingerprint density at radius 2 is 1.96 bits per heavy atom. The standard InChI is InChI=1S/C17H23F3N2O2/c1-24-14-8-6-13(7-9-14)15-5-3-2-4-10-22(15)11-16(23)21-12-17(18,19)20/h6-9,15H,2-5,10-12H2,1H3,(H,21,23). The maximum absolute atomic E-state index is 12.2. The van der Waals surface area contributed by atoms with Crippen LogP contribution < -0.4 is 10.1 Å². The molecule has 1 aromatic rings. The minimum absolute atomic E-state index is 0.0211. The Balaban J connectivity index is 2.04. The number of hydrogen-bond donors (Lipinski definition) is 1. The number of methoxy groups -OCH3 is 1. The molecule has 7 heteroatoms. The van der Waals surface area contributed by atoms with Crippen LogP contribution in [-0.4, -0.2) is 43.7 Å². The van der Waals surface area contributed by atoms with Crippen molar-refractivity contribution in [2.45, 2.75) is 37.9 Å². The SMILES string of the molecule is COc1ccc(C2CCCCCN2CC(=O)NCC(F)(F)F)cc1. The van der Waals surface area contributed by atoms with Crippen LogP contribution in [0.25, 0.3) is 0 Å². The fourth-order valence-electron chi connectivity index (χ4n) is 3.00. The Bertz CT molecular complexity index is 532. The van der Waals surface area contributed by atoms with Gasteiger partial charge < -0.3 is 10.1 Å². The molecule has 1 aromatic carbocycles. The molecule has 1 N–H and O–H groups in total. The summed E-state index contributed by atoms with van der Waals surface area (Å²) >= 11 is 0. The van der Waals surface area contributed by atoms with Gasteiger partial charge in [-0.1, -0.05) is 25.0 Å². The van der Waals surface area contributed by atoms with Crippen molar-refractivity contribution in [2.75, 3.05) is 26.7 Å². The molecular weight excluding hydrogens is 321 g/mol. The molecule has 24 heavy (non-hydrogen) atoms. The average Bonchev–Trinajstić information content (AvgIpc) is 2.78. The average molecular weight is 344 g/mol. The Morgan fingerprint density at radius 1 is 1.25 bits per heavy atom. The minimum atomic E-state index is -4.39. The Morgan fingerprint density at radius 3 is 2.58 bits per heavy atom. The van der Waals surface area contributed by atoms with Crippen molar-refractivity contribution in [2.24, 2.45) is 0 Å². The first-order chi connectivity index (χ1) is 11.4. The van der Waals surface area contributed by atoms with E-state index in [-0.39, 0.29) is 12.6 Å². The van der Waals surface area contributed by atoms with E-state index in [4.69, 9.17) is 4.74 Å². The topological polar surface area (TPSA) is 41.6 Å². The van der Waals surface area contributed by atoms with E-state index in [0.717, 1.165) is 37.0 Å². The number of hydrogen-bond acceptors (Lipinski definition) is 3. The highest BCUT2D eigenvalue weighted by atomic mass is 19.4. The Kier molecular flexibility index (Phi) is 6.48. The molecule has 1 atom stereocenters. The van der Waals surface area contributed by atoms with E-state index in [1.54, 1.807) is 7.11 Å². The lowest BCUT2D eigenvalue weighted by Crippen LogP contribution is -2.42. The summed E-state index contributed by atoms with van der Waals surface area (Å²) in [5.74, 6) is 0.162. The smallest absolute Gasteiger partial charge is 0.405 e. The van der Waals surface area contributed by atoms with E-state index in [1.807, 2.05) is 34.5 Å². The summed E-state index contributed by atoms with van der Waals surface area (Å²) in [4.78, 5) is 13.8. The van der Waals surface area contributed by atoms with E-state index >= 15 is 0 Å². The summed E-state index contributed by atoms with van der Waals surface area (Å²) in [5, 5.41) is 1.95. The highest BCUT2D eigenvalue weighted by Crippen LogP contribution is 2.30. The molecule has 0 aliphatic carbocycles. The minimum Gasteiger partial charge on any atom is -0.497 e. The molecule has 1 aliphatic rings. The maximum Gasteiger partial charge on any atom is 0.405 e. The number of carbonyl (C=O) groups is 1. The number of nitrogens with one attached hydrogen (secondary N) is 1. The molecule has 0 aromatic heterocycles. The maximum atomic E-state index is 12.2. The quantitative estimate of drug-likeness (QED) is 0.891. The second-order valence-corrected chi connectivity index (χ2v) is 6.00. The van der Waals surface area contributed by atoms with Gasteiger partial charge in [0.2, 0.25) is 5.91 Å². The molecule has 1 saturated heterocycles. The number of halogens is 3. The molecule has 134 valence electrons. The van der Waals surface area contributed by atoms with Gasteiger partial charge in [0.05, 0.1) is 13.7 Å².